The predicted molar refractivity (Wildman–Crippen MR) is 95.9 cm³/mol. The predicted octanol–water partition coefficient (Wildman–Crippen LogP) is 1.95. The van der Waals surface area contributed by atoms with E-state index < -0.39 is 6.04 Å². The van der Waals surface area contributed by atoms with Crippen LogP contribution in [0, 0.1) is 5.41 Å². The number of hydrogen-bond acceptors (Lipinski definition) is 3. The highest BCUT2D eigenvalue weighted by molar-refractivity contribution is 5.89. The number of nitrogens with zero attached hydrogens (tertiary/aromatic N) is 3. The summed E-state index contributed by atoms with van der Waals surface area (Å²) in [6, 6.07) is -0.424. The van der Waals surface area contributed by atoms with Gasteiger partial charge in [0.15, 0.2) is 0 Å². The van der Waals surface area contributed by atoms with Gasteiger partial charge in [0.1, 0.15) is 6.04 Å². The van der Waals surface area contributed by atoms with Crippen LogP contribution in [0.4, 0.5) is 0 Å². The van der Waals surface area contributed by atoms with Gasteiger partial charge in [-0.3, -0.25) is 14.3 Å². The van der Waals surface area contributed by atoms with Crippen LogP contribution in [0.5, 0.6) is 0 Å². The molecule has 0 radical (unpaired) electrons. The average molecular weight is 346 g/mol. The molecule has 138 valence electrons. The summed E-state index contributed by atoms with van der Waals surface area (Å²) >= 11 is 0. The van der Waals surface area contributed by atoms with Crippen LogP contribution in [0.1, 0.15) is 63.4 Å². The zero-order valence-electron chi connectivity index (χ0n) is 15.9. The second-order valence-corrected chi connectivity index (χ2v) is 8.38. The van der Waals surface area contributed by atoms with E-state index in [2.05, 4.69) is 10.4 Å². The number of aryl methyl sites for hydroxylation is 2. The van der Waals surface area contributed by atoms with E-state index in [4.69, 9.17) is 0 Å². The molecule has 1 unspecified atom stereocenters. The maximum Gasteiger partial charge on any atom is 0.243 e. The Kier molecular flexibility index (Phi) is 4.89. The van der Waals surface area contributed by atoms with Gasteiger partial charge in [0.05, 0.1) is 17.9 Å². The van der Waals surface area contributed by atoms with Gasteiger partial charge in [-0.2, -0.15) is 5.10 Å². The Bertz CT molecular complexity index is 672. The first kappa shape index (κ1) is 18.0. The second-order valence-electron chi connectivity index (χ2n) is 8.38. The largest absolute Gasteiger partial charge is 0.349 e. The molecule has 25 heavy (non-hydrogen) atoms. The fourth-order valence-electron chi connectivity index (χ4n) is 4.18. The smallest absolute Gasteiger partial charge is 0.243 e. The minimum absolute atomic E-state index is 0.0616. The first-order valence-corrected chi connectivity index (χ1v) is 9.40. The third kappa shape index (κ3) is 3.58. The lowest BCUT2D eigenvalue weighted by atomic mass is 9.85. The van der Waals surface area contributed by atoms with Crippen molar-refractivity contribution in [2.75, 3.05) is 6.54 Å². The lowest BCUT2D eigenvalue weighted by molar-refractivity contribution is -0.141. The second kappa shape index (κ2) is 6.81. The zero-order chi connectivity index (χ0) is 18.2. The van der Waals surface area contributed by atoms with Crippen LogP contribution in [0.2, 0.25) is 0 Å². The van der Waals surface area contributed by atoms with Crippen molar-refractivity contribution in [1.82, 2.24) is 20.0 Å². The molecule has 1 aromatic heterocycles. The number of amides is 2. The fraction of sp³-hybridized carbons (Fsp3) is 0.737. The van der Waals surface area contributed by atoms with Gasteiger partial charge in [-0.15, -0.1) is 0 Å². The molecule has 0 saturated carbocycles. The fourth-order valence-corrected chi connectivity index (χ4v) is 4.18. The van der Waals surface area contributed by atoms with Gasteiger partial charge < -0.3 is 10.2 Å². The van der Waals surface area contributed by atoms with E-state index in [0.29, 0.717) is 19.5 Å². The molecule has 3 rings (SSSR count). The van der Waals surface area contributed by atoms with Crippen molar-refractivity contribution in [2.45, 2.75) is 71.9 Å². The van der Waals surface area contributed by atoms with Crippen molar-refractivity contribution >= 4 is 11.8 Å². The molecule has 1 fully saturated rings. The van der Waals surface area contributed by atoms with Crippen molar-refractivity contribution in [3.63, 3.8) is 0 Å². The number of nitrogens with one attached hydrogen (secondary N) is 1. The number of aromatic nitrogens is 2. The topological polar surface area (TPSA) is 67.2 Å². The Balaban J connectivity index is 1.74. The molecule has 1 atom stereocenters. The number of carbonyl (C=O) groups is 2. The third-order valence-corrected chi connectivity index (χ3v) is 5.37. The van der Waals surface area contributed by atoms with Gasteiger partial charge in [0, 0.05) is 20.0 Å². The lowest BCUT2D eigenvalue weighted by Crippen LogP contribution is -2.54. The summed E-state index contributed by atoms with van der Waals surface area (Å²) in [5, 5.41) is 7.70. The first-order valence-electron chi connectivity index (χ1n) is 9.40. The van der Waals surface area contributed by atoms with E-state index in [1.165, 1.54) is 24.1 Å². The van der Waals surface area contributed by atoms with Crippen LogP contribution < -0.4 is 5.32 Å². The highest BCUT2D eigenvalue weighted by atomic mass is 16.2. The van der Waals surface area contributed by atoms with Crippen molar-refractivity contribution < 1.29 is 9.59 Å². The average Bonchev–Trinajstić information content (AvgIpc) is 3.07. The summed E-state index contributed by atoms with van der Waals surface area (Å²) in [6.45, 7) is 7.22. The first-order chi connectivity index (χ1) is 11.8. The minimum Gasteiger partial charge on any atom is -0.349 e. The van der Waals surface area contributed by atoms with Crippen LogP contribution in [-0.2, 0) is 36.0 Å². The Hall–Kier alpha value is -1.85. The lowest BCUT2D eigenvalue weighted by Gasteiger charge is -2.36. The molecule has 1 aromatic rings. The van der Waals surface area contributed by atoms with E-state index in [1.54, 1.807) is 4.90 Å². The molecule has 6 nitrogen and oxygen atoms in total. The quantitative estimate of drug-likeness (QED) is 0.906. The third-order valence-electron chi connectivity index (χ3n) is 5.37. The van der Waals surface area contributed by atoms with Crippen LogP contribution in [0.25, 0.3) is 0 Å². The summed E-state index contributed by atoms with van der Waals surface area (Å²) in [7, 11) is 1.95. The summed E-state index contributed by atoms with van der Waals surface area (Å²) in [4.78, 5) is 26.9. The van der Waals surface area contributed by atoms with E-state index in [-0.39, 0.29) is 17.2 Å². The standard InChI is InChI=1S/C19H30N4O2/c1-19(2,3)17(23-11-7-10-16(23)24)18(25)20-12-15-13-8-5-6-9-14(13)21-22(15)4/h17H,5-12H2,1-4H3,(H,20,25). The van der Waals surface area contributed by atoms with Crippen molar-refractivity contribution in [2.24, 2.45) is 12.5 Å². The molecule has 2 heterocycles. The van der Waals surface area contributed by atoms with Crippen molar-refractivity contribution in [3.05, 3.63) is 17.0 Å². The Morgan fingerprint density at radius 2 is 1.92 bits per heavy atom. The van der Waals surface area contributed by atoms with Crippen LogP contribution in [0.15, 0.2) is 0 Å². The molecule has 0 spiro atoms. The van der Waals surface area contributed by atoms with Crippen molar-refractivity contribution in [3.8, 4) is 0 Å². The summed E-state index contributed by atoms with van der Waals surface area (Å²) in [5.74, 6) is 0.0292. The van der Waals surface area contributed by atoms with Crippen LogP contribution in [0.3, 0.4) is 0 Å². The molecule has 0 aromatic carbocycles. The molecule has 1 aliphatic heterocycles. The van der Waals surface area contributed by atoms with Gasteiger partial charge in [-0.1, -0.05) is 20.8 Å². The normalized spacial score (nSPS) is 19.0. The van der Waals surface area contributed by atoms with Gasteiger partial charge in [-0.25, -0.2) is 0 Å². The number of rotatable bonds is 4. The Morgan fingerprint density at radius 1 is 1.20 bits per heavy atom. The Labute approximate surface area is 149 Å². The van der Waals surface area contributed by atoms with E-state index >= 15 is 0 Å². The molecular formula is C19H30N4O2. The van der Waals surface area contributed by atoms with Gasteiger partial charge in [-0.05, 0) is 43.1 Å². The molecule has 1 N–H and O–H groups in total. The molecule has 2 aliphatic rings. The highest BCUT2D eigenvalue weighted by Crippen LogP contribution is 2.29. The molecule has 1 aliphatic carbocycles. The molecule has 0 bridgehead atoms. The van der Waals surface area contributed by atoms with E-state index in [1.807, 2.05) is 32.5 Å². The van der Waals surface area contributed by atoms with E-state index in [0.717, 1.165) is 25.0 Å². The van der Waals surface area contributed by atoms with Crippen molar-refractivity contribution in [1.29, 1.82) is 0 Å². The molecule has 2 amide bonds. The minimum atomic E-state index is -0.424. The van der Waals surface area contributed by atoms with Gasteiger partial charge in [0.2, 0.25) is 11.8 Å². The van der Waals surface area contributed by atoms with Gasteiger partial charge >= 0.3 is 0 Å². The number of carbonyl (C=O) groups excluding carboxylic acids is 2. The highest BCUT2D eigenvalue weighted by Gasteiger charge is 2.40. The summed E-state index contributed by atoms with van der Waals surface area (Å²) in [5.41, 5.74) is 3.29. The SMILES string of the molecule is Cn1nc2c(c1CNC(=O)C(N1CCCC1=O)C(C)(C)C)CCCC2. The van der Waals surface area contributed by atoms with Crippen LogP contribution >= 0.6 is 0 Å². The molecule has 6 heteroatoms. The monoisotopic (exact) mass is 346 g/mol. The number of hydrogen-bond donors (Lipinski definition) is 1. The Morgan fingerprint density at radius 3 is 2.56 bits per heavy atom. The maximum atomic E-state index is 13.0. The molecular weight excluding hydrogens is 316 g/mol. The van der Waals surface area contributed by atoms with Gasteiger partial charge in [0.25, 0.3) is 0 Å². The van der Waals surface area contributed by atoms with Crippen LogP contribution in [-0.4, -0.2) is 39.1 Å². The van der Waals surface area contributed by atoms with E-state index in [9.17, 15) is 9.59 Å². The zero-order valence-corrected chi connectivity index (χ0v) is 15.9. The number of fused-ring (bicyclic) bond motifs is 1. The molecule has 1 saturated heterocycles. The number of likely N-dealkylation sites (tertiary alicyclic amines) is 1. The summed E-state index contributed by atoms with van der Waals surface area (Å²) in [6.07, 6.45) is 5.85. The summed E-state index contributed by atoms with van der Waals surface area (Å²) < 4.78 is 1.91. The maximum absolute atomic E-state index is 13.0.